The fraction of sp³-hybridized carbons (Fsp3) is 0.278. The van der Waals surface area contributed by atoms with Crippen molar-refractivity contribution in [3.63, 3.8) is 0 Å². The number of hydrogen-bond donors (Lipinski definition) is 4. The van der Waals surface area contributed by atoms with Crippen LogP contribution >= 0.6 is 23.5 Å². The number of hydrogen-bond acceptors (Lipinski definition) is 11. The van der Waals surface area contributed by atoms with Gasteiger partial charge in [0.1, 0.15) is 22.9 Å². The van der Waals surface area contributed by atoms with Crippen molar-refractivity contribution in [1.29, 1.82) is 0 Å². The third-order valence-electron chi connectivity index (χ3n) is 4.95. The Morgan fingerprint density at radius 1 is 1.33 bits per heavy atom. The predicted molar refractivity (Wildman–Crippen MR) is 116 cm³/mol. The molecule has 1 saturated heterocycles. The number of aromatic nitrogens is 4. The van der Waals surface area contributed by atoms with Crippen LogP contribution < -0.4 is 5.32 Å². The van der Waals surface area contributed by atoms with E-state index in [2.05, 4.69) is 26.0 Å². The predicted octanol–water partition coefficient (Wildman–Crippen LogP) is -0.375. The highest BCUT2D eigenvalue weighted by Crippen LogP contribution is 2.41. The van der Waals surface area contributed by atoms with E-state index >= 15 is 0 Å². The van der Waals surface area contributed by atoms with Gasteiger partial charge in [-0.3, -0.25) is 14.5 Å². The number of nitrogens with one attached hydrogen (secondary N) is 1. The molecule has 0 spiro atoms. The molecule has 1 aromatic carbocycles. The van der Waals surface area contributed by atoms with Crippen LogP contribution in [0.1, 0.15) is 5.56 Å². The van der Waals surface area contributed by atoms with Gasteiger partial charge in [-0.25, -0.2) is 9.48 Å². The fourth-order valence-electron chi connectivity index (χ4n) is 3.35. The molecule has 4 N–H and O–H groups in total. The molecule has 1 fully saturated rings. The number of aromatic hydroxyl groups is 1. The van der Waals surface area contributed by atoms with Gasteiger partial charge in [-0.1, -0.05) is 16.9 Å². The van der Waals surface area contributed by atoms with E-state index in [0.717, 1.165) is 4.90 Å². The van der Waals surface area contributed by atoms with Gasteiger partial charge in [0.25, 0.3) is 11.8 Å². The van der Waals surface area contributed by atoms with Crippen LogP contribution in [0.5, 0.6) is 5.75 Å². The number of carboxylic acids is 1. The number of thioether (sulfide) groups is 2. The molecule has 0 aliphatic carbocycles. The zero-order valence-corrected chi connectivity index (χ0v) is 18.6. The zero-order valence-electron chi connectivity index (χ0n) is 16.9. The van der Waals surface area contributed by atoms with Gasteiger partial charge >= 0.3 is 5.97 Å². The van der Waals surface area contributed by atoms with Gasteiger partial charge in [-0.05, 0) is 40.3 Å². The molecule has 15 heteroatoms. The summed E-state index contributed by atoms with van der Waals surface area (Å²) in [5.41, 5.74) is 0.310. The summed E-state index contributed by atoms with van der Waals surface area (Å²) in [5, 5.41) is 44.9. The van der Waals surface area contributed by atoms with Gasteiger partial charge in [0.05, 0.1) is 0 Å². The second-order valence-electron chi connectivity index (χ2n) is 6.99. The van der Waals surface area contributed by atoms with Gasteiger partial charge in [-0.15, -0.1) is 16.9 Å². The van der Waals surface area contributed by atoms with Crippen LogP contribution in [0.15, 0.2) is 45.8 Å². The minimum absolute atomic E-state index is 0.0303. The Balaban J connectivity index is 1.48. The molecular weight excluding hydrogens is 474 g/mol. The Morgan fingerprint density at radius 2 is 2.06 bits per heavy atom. The van der Waals surface area contributed by atoms with E-state index < -0.39 is 29.2 Å². The fourth-order valence-corrected chi connectivity index (χ4v) is 5.69. The summed E-state index contributed by atoms with van der Waals surface area (Å²) in [7, 11) is 1.66. The summed E-state index contributed by atoms with van der Waals surface area (Å²) in [4.78, 5) is 38.5. The lowest BCUT2D eigenvalue weighted by atomic mass is 10.0. The summed E-state index contributed by atoms with van der Waals surface area (Å²) in [6, 6.07) is 4.43. The molecule has 2 aromatic rings. The first-order valence-corrected chi connectivity index (χ1v) is 11.4. The van der Waals surface area contributed by atoms with Crippen LogP contribution in [0.3, 0.4) is 0 Å². The quantitative estimate of drug-likeness (QED) is 0.130. The lowest BCUT2D eigenvalue weighted by molar-refractivity contribution is -0.150. The van der Waals surface area contributed by atoms with Crippen LogP contribution in [-0.2, 0) is 21.4 Å². The van der Waals surface area contributed by atoms with Crippen molar-refractivity contribution >= 4 is 47.0 Å². The summed E-state index contributed by atoms with van der Waals surface area (Å²) in [6.45, 7) is 0. The number of carbonyl (C=O) groups is 3. The monoisotopic (exact) mass is 491 g/mol. The molecule has 1 aromatic heterocycles. The van der Waals surface area contributed by atoms with Crippen molar-refractivity contribution in [2.75, 3.05) is 11.5 Å². The number of aryl methyl sites for hydroxylation is 1. The van der Waals surface area contributed by atoms with E-state index in [9.17, 15) is 29.8 Å². The molecule has 2 aliphatic heterocycles. The first-order valence-electron chi connectivity index (χ1n) is 9.39. The number of amides is 2. The van der Waals surface area contributed by atoms with Crippen molar-refractivity contribution in [2.45, 2.75) is 16.6 Å². The number of carboxylic acid groups (broad SMARTS) is 1. The maximum absolute atomic E-state index is 12.8. The van der Waals surface area contributed by atoms with Crippen molar-refractivity contribution in [3.8, 4) is 5.75 Å². The van der Waals surface area contributed by atoms with E-state index in [1.54, 1.807) is 7.05 Å². The third kappa shape index (κ3) is 4.23. The molecule has 0 bridgehead atoms. The first kappa shape index (κ1) is 22.6. The lowest BCUT2D eigenvalue weighted by Gasteiger charge is -2.49. The Labute approximate surface area is 194 Å². The second kappa shape index (κ2) is 9.11. The number of aliphatic carboxylic acids is 1. The maximum atomic E-state index is 12.8. The van der Waals surface area contributed by atoms with E-state index in [4.69, 9.17) is 0 Å². The number of fused-ring (bicyclic) bond motifs is 1. The molecule has 2 amide bonds. The summed E-state index contributed by atoms with van der Waals surface area (Å²) in [5.74, 6) is -2.05. The molecule has 2 atom stereocenters. The molecule has 13 nitrogen and oxygen atoms in total. The summed E-state index contributed by atoms with van der Waals surface area (Å²) < 4.78 is 1.46. The maximum Gasteiger partial charge on any atom is 0.352 e. The van der Waals surface area contributed by atoms with Crippen molar-refractivity contribution < 1.29 is 29.8 Å². The van der Waals surface area contributed by atoms with Gasteiger partial charge in [0.15, 0.2) is 5.71 Å². The number of rotatable bonds is 7. The van der Waals surface area contributed by atoms with Crippen molar-refractivity contribution in [3.05, 3.63) is 41.1 Å². The van der Waals surface area contributed by atoms with Crippen LogP contribution in [0.4, 0.5) is 0 Å². The van der Waals surface area contributed by atoms with Gasteiger partial charge in [-0.2, -0.15) is 0 Å². The van der Waals surface area contributed by atoms with E-state index in [0.29, 0.717) is 16.5 Å². The lowest BCUT2D eigenvalue weighted by Crippen LogP contribution is -2.71. The van der Waals surface area contributed by atoms with Crippen molar-refractivity contribution in [2.24, 2.45) is 12.2 Å². The van der Waals surface area contributed by atoms with Crippen LogP contribution in [0, 0.1) is 0 Å². The number of benzene rings is 1. The average Bonchev–Trinajstić information content (AvgIpc) is 3.21. The minimum atomic E-state index is -1.24. The number of phenolic OH excluding ortho intramolecular Hbond substituents is 1. The highest BCUT2D eigenvalue weighted by atomic mass is 32.2. The SMILES string of the molecule is Cn1nnnc1SCC1=C(C(=O)O)N2C(=O)C(NC(=O)/C(=N/O)c3ccc(O)cc3)[C@H]2SC1. The Hall–Kier alpha value is -3.59. The van der Waals surface area contributed by atoms with E-state index in [1.165, 1.54) is 52.5 Å². The third-order valence-corrected chi connectivity index (χ3v) is 7.39. The van der Waals surface area contributed by atoms with Gasteiger partial charge in [0, 0.05) is 24.1 Å². The molecule has 4 rings (SSSR count). The molecular formula is C18H17N7O6S2. The van der Waals surface area contributed by atoms with Crippen molar-refractivity contribution in [1.82, 2.24) is 30.4 Å². The smallest absolute Gasteiger partial charge is 0.352 e. The first-order chi connectivity index (χ1) is 15.8. The summed E-state index contributed by atoms with van der Waals surface area (Å²) in [6.07, 6.45) is 0. The Bertz CT molecular complexity index is 1180. The number of phenols is 1. The molecule has 0 radical (unpaired) electrons. The second-order valence-corrected chi connectivity index (χ2v) is 9.03. The topological polar surface area (TPSA) is 183 Å². The Kier molecular flexibility index (Phi) is 6.24. The van der Waals surface area contributed by atoms with E-state index in [-0.39, 0.29) is 28.5 Å². The standard InChI is InChI=1S/C18H17N7O6S2/c1-24-18(20-22-23-24)33-7-9-6-32-16-12(15(28)25(16)13(9)17(29)30)19-14(27)11(21-31)8-2-4-10(26)5-3-8/h2-5,12,16,26,31H,6-7H2,1H3,(H,19,27)(H,29,30)/b21-11+/t12?,16-/m1/s1. The minimum Gasteiger partial charge on any atom is -0.508 e. The molecule has 0 saturated carbocycles. The Morgan fingerprint density at radius 3 is 2.67 bits per heavy atom. The number of tetrazole rings is 1. The highest BCUT2D eigenvalue weighted by molar-refractivity contribution is 8.01. The molecule has 3 heterocycles. The number of β-lactam (4-membered cyclic amide) rings is 1. The highest BCUT2D eigenvalue weighted by Gasteiger charge is 2.54. The van der Waals surface area contributed by atoms with E-state index in [1.807, 2.05) is 0 Å². The average molecular weight is 492 g/mol. The molecule has 33 heavy (non-hydrogen) atoms. The number of oxime groups is 1. The largest absolute Gasteiger partial charge is 0.508 e. The van der Waals surface area contributed by atoms with Crippen LogP contribution in [-0.4, -0.2) is 86.9 Å². The molecule has 2 aliphatic rings. The van der Waals surface area contributed by atoms with Gasteiger partial charge < -0.3 is 20.7 Å². The van der Waals surface area contributed by atoms with Crippen LogP contribution in [0.25, 0.3) is 0 Å². The number of nitrogens with zero attached hydrogens (tertiary/aromatic N) is 6. The zero-order chi connectivity index (χ0) is 23.7. The molecule has 1 unspecified atom stereocenters. The number of carbonyl (C=O) groups excluding carboxylic acids is 2. The van der Waals surface area contributed by atoms with Gasteiger partial charge in [0.2, 0.25) is 5.16 Å². The van der Waals surface area contributed by atoms with Crippen LogP contribution in [0.2, 0.25) is 0 Å². The summed E-state index contributed by atoms with van der Waals surface area (Å²) >= 11 is 2.57. The normalized spacial score (nSPS) is 20.3. The molecule has 172 valence electrons.